The second-order valence-electron chi connectivity index (χ2n) is 6.45. The smallest absolute Gasteiger partial charge is 0.258 e. The van der Waals surface area contributed by atoms with Crippen molar-refractivity contribution in [1.29, 1.82) is 0 Å². The molecule has 0 radical (unpaired) electrons. The number of carbonyl (C=O) groups excluding carboxylic acids is 3. The highest BCUT2D eigenvalue weighted by molar-refractivity contribution is 5.98. The van der Waals surface area contributed by atoms with Crippen molar-refractivity contribution >= 4 is 17.7 Å². The molecule has 0 bridgehead atoms. The highest BCUT2D eigenvalue weighted by atomic mass is 16.5. The van der Waals surface area contributed by atoms with E-state index in [1.807, 2.05) is 13.0 Å². The van der Waals surface area contributed by atoms with E-state index in [1.165, 1.54) is 0 Å². The van der Waals surface area contributed by atoms with Crippen LogP contribution in [0.25, 0.3) is 0 Å². The molecular formula is C18H23N3O4. The van der Waals surface area contributed by atoms with E-state index in [2.05, 4.69) is 10.6 Å². The van der Waals surface area contributed by atoms with Crippen molar-refractivity contribution < 1.29 is 19.1 Å². The number of amides is 3. The fourth-order valence-corrected chi connectivity index (χ4v) is 3.36. The van der Waals surface area contributed by atoms with Gasteiger partial charge in [0.2, 0.25) is 11.8 Å². The normalized spacial score (nSPS) is 24.0. The van der Waals surface area contributed by atoms with Gasteiger partial charge in [-0.3, -0.25) is 14.4 Å². The third-order valence-electron chi connectivity index (χ3n) is 4.80. The van der Waals surface area contributed by atoms with Crippen LogP contribution in [0.2, 0.25) is 0 Å². The van der Waals surface area contributed by atoms with Gasteiger partial charge in [0.15, 0.2) is 5.72 Å². The molecule has 1 aromatic rings. The van der Waals surface area contributed by atoms with Crippen LogP contribution in [0.15, 0.2) is 24.3 Å². The number of carbonyl (C=O) groups is 3. The minimum Gasteiger partial charge on any atom is -0.467 e. The molecule has 2 aliphatic rings. The molecule has 1 saturated heterocycles. The standard InChI is InChI=1S/C18H23N3O4/c1-3-19-16(23)12(2)21-11-10-18(9-8-15(21)22)20-17(24)13-6-4-5-7-14(13)25-18/h4-7,12H,3,8-11H2,1-2H3,(H,19,23)(H,20,24). The summed E-state index contributed by atoms with van der Waals surface area (Å²) in [7, 11) is 0. The lowest BCUT2D eigenvalue weighted by atomic mass is 10.0. The second kappa shape index (κ2) is 6.74. The summed E-state index contributed by atoms with van der Waals surface area (Å²) in [4.78, 5) is 38.5. The summed E-state index contributed by atoms with van der Waals surface area (Å²) < 4.78 is 6.08. The maximum atomic E-state index is 12.5. The lowest BCUT2D eigenvalue weighted by molar-refractivity contribution is -0.139. The number of ether oxygens (including phenoxy) is 1. The van der Waals surface area contributed by atoms with E-state index >= 15 is 0 Å². The first-order valence-corrected chi connectivity index (χ1v) is 8.63. The molecule has 1 aromatic carbocycles. The van der Waals surface area contributed by atoms with E-state index < -0.39 is 11.8 Å². The maximum Gasteiger partial charge on any atom is 0.258 e. The van der Waals surface area contributed by atoms with Crippen LogP contribution in [-0.2, 0) is 9.59 Å². The fourth-order valence-electron chi connectivity index (χ4n) is 3.36. The van der Waals surface area contributed by atoms with Gasteiger partial charge in [-0.05, 0) is 26.0 Å². The zero-order valence-electron chi connectivity index (χ0n) is 14.5. The first-order chi connectivity index (χ1) is 12.0. The fraction of sp³-hybridized carbons (Fsp3) is 0.500. The summed E-state index contributed by atoms with van der Waals surface area (Å²) in [6.07, 6.45) is 1.03. The number of likely N-dealkylation sites (N-methyl/N-ethyl adjacent to an activating group) is 1. The van der Waals surface area contributed by atoms with Crippen molar-refractivity contribution in [3.63, 3.8) is 0 Å². The Hall–Kier alpha value is -2.57. The van der Waals surface area contributed by atoms with Gasteiger partial charge in [-0.15, -0.1) is 0 Å². The third-order valence-corrected chi connectivity index (χ3v) is 4.80. The summed E-state index contributed by atoms with van der Waals surface area (Å²) in [6.45, 7) is 4.42. The first-order valence-electron chi connectivity index (χ1n) is 8.63. The Morgan fingerprint density at radius 1 is 1.36 bits per heavy atom. The number of rotatable bonds is 3. The summed E-state index contributed by atoms with van der Waals surface area (Å²) in [6, 6.07) is 6.53. The zero-order chi connectivity index (χ0) is 18.0. The zero-order valence-corrected chi connectivity index (χ0v) is 14.5. The predicted molar refractivity (Wildman–Crippen MR) is 91.0 cm³/mol. The van der Waals surface area contributed by atoms with Crippen LogP contribution in [0.3, 0.4) is 0 Å². The molecule has 0 aliphatic carbocycles. The van der Waals surface area contributed by atoms with Gasteiger partial charge in [-0.25, -0.2) is 0 Å². The largest absolute Gasteiger partial charge is 0.467 e. The Morgan fingerprint density at radius 2 is 2.12 bits per heavy atom. The average molecular weight is 345 g/mol. The number of hydrogen-bond acceptors (Lipinski definition) is 4. The molecule has 2 unspecified atom stereocenters. The van der Waals surface area contributed by atoms with Crippen LogP contribution in [0.1, 0.15) is 43.5 Å². The minimum absolute atomic E-state index is 0.104. The molecule has 25 heavy (non-hydrogen) atoms. The number of likely N-dealkylation sites (tertiary alicyclic amines) is 1. The van der Waals surface area contributed by atoms with Crippen LogP contribution in [0.4, 0.5) is 0 Å². The topological polar surface area (TPSA) is 87.7 Å². The van der Waals surface area contributed by atoms with E-state index in [0.717, 1.165) is 0 Å². The van der Waals surface area contributed by atoms with Gasteiger partial charge >= 0.3 is 0 Å². The Balaban J connectivity index is 1.78. The number of nitrogens with one attached hydrogen (secondary N) is 2. The molecule has 2 atom stereocenters. The Morgan fingerprint density at radius 3 is 2.88 bits per heavy atom. The van der Waals surface area contributed by atoms with Gasteiger partial charge in [0.05, 0.1) is 5.56 Å². The molecule has 2 heterocycles. The van der Waals surface area contributed by atoms with Crippen LogP contribution < -0.4 is 15.4 Å². The first kappa shape index (κ1) is 17.3. The average Bonchev–Trinajstić information content (AvgIpc) is 2.74. The molecule has 0 aromatic heterocycles. The Bertz CT molecular complexity index is 705. The molecule has 7 nitrogen and oxygen atoms in total. The van der Waals surface area contributed by atoms with Gasteiger partial charge in [-0.2, -0.15) is 0 Å². The van der Waals surface area contributed by atoms with Gasteiger partial charge in [0, 0.05) is 32.4 Å². The number of para-hydroxylation sites is 1. The van der Waals surface area contributed by atoms with Crippen LogP contribution in [-0.4, -0.2) is 47.5 Å². The molecule has 2 N–H and O–H groups in total. The Labute approximate surface area is 146 Å². The van der Waals surface area contributed by atoms with Gasteiger partial charge in [0.1, 0.15) is 11.8 Å². The molecule has 3 rings (SSSR count). The maximum absolute atomic E-state index is 12.5. The van der Waals surface area contributed by atoms with E-state index in [9.17, 15) is 14.4 Å². The summed E-state index contributed by atoms with van der Waals surface area (Å²) in [5.74, 6) is 0.0570. The van der Waals surface area contributed by atoms with Crippen molar-refractivity contribution in [1.82, 2.24) is 15.5 Å². The molecular weight excluding hydrogens is 322 g/mol. The molecule has 1 spiro atoms. The van der Waals surface area contributed by atoms with Crippen molar-refractivity contribution in [3.05, 3.63) is 29.8 Å². The minimum atomic E-state index is -0.906. The highest BCUT2D eigenvalue weighted by Gasteiger charge is 2.43. The van der Waals surface area contributed by atoms with Crippen molar-refractivity contribution in [2.24, 2.45) is 0 Å². The molecule has 2 aliphatic heterocycles. The lowest BCUT2D eigenvalue weighted by Crippen LogP contribution is -2.56. The molecule has 0 saturated carbocycles. The molecule has 7 heteroatoms. The predicted octanol–water partition coefficient (Wildman–Crippen LogP) is 1.04. The van der Waals surface area contributed by atoms with Gasteiger partial charge in [0.25, 0.3) is 5.91 Å². The molecule has 3 amide bonds. The Kier molecular flexibility index (Phi) is 4.65. The monoisotopic (exact) mass is 345 g/mol. The van der Waals surface area contributed by atoms with Crippen LogP contribution in [0.5, 0.6) is 5.75 Å². The number of nitrogens with zero attached hydrogens (tertiary/aromatic N) is 1. The summed E-state index contributed by atoms with van der Waals surface area (Å²) >= 11 is 0. The number of fused-ring (bicyclic) bond motifs is 1. The van der Waals surface area contributed by atoms with Crippen molar-refractivity contribution in [3.8, 4) is 5.75 Å². The quantitative estimate of drug-likeness (QED) is 0.857. The second-order valence-corrected chi connectivity index (χ2v) is 6.45. The summed E-state index contributed by atoms with van der Waals surface area (Å²) in [5.41, 5.74) is -0.409. The van der Waals surface area contributed by atoms with Crippen molar-refractivity contribution in [2.45, 2.75) is 44.9 Å². The van der Waals surface area contributed by atoms with E-state index in [-0.39, 0.29) is 24.1 Å². The third kappa shape index (κ3) is 3.31. The van der Waals surface area contributed by atoms with E-state index in [0.29, 0.717) is 37.2 Å². The highest BCUT2D eigenvalue weighted by Crippen LogP contribution is 2.33. The number of hydrogen-bond donors (Lipinski definition) is 2. The number of benzene rings is 1. The molecule has 1 fully saturated rings. The van der Waals surface area contributed by atoms with Gasteiger partial charge in [-0.1, -0.05) is 12.1 Å². The van der Waals surface area contributed by atoms with Gasteiger partial charge < -0.3 is 20.3 Å². The van der Waals surface area contributed by atoms with Crippen LogP contribution in [0, 0.1) is 0 Å². The van der Waals surface area contributed by atoms with Crippen molar-refractivity contribution in [2.75, 3.05) is 13.1 Å². The SMILES string of the molecule is CCNC(=O)C(C)N1CCC2(CCC1=O)NC(=O)c1ccccc1O2. The van der Waals surface area contributed by atoms with E-state index in [4.69, 9.17) is 4.74 Å². The van der Waals surface area contributed by atoms with E-state index in [1.54, 1.807) is 30.0 Å². The molecule has 134 valence electrons. The summed E-state index contributed by atoms with van der Waals surface area (Å²) in [5, 5.41) is 5.66. The van der Waals surface area contributed by atoms with Crippen LogP contribution >= 0.6 is 0 Å². The lowest BCUT2D eigenvalue weighted by Gasteiger charge is -2.38.